The Labute approximate surface area is 154 Å². The third-order valence-corrected chi connectivity index (χ3v) is 3.80. The number of hydrogen-bond donors (Lipinski definition) is 1. The quantitative estimate of drug-likeness (QED) is 0.557. The monoisotopic (exact) mass is 408 g/mol. The van der Waals surface area contributed by atoms with Crippen molar-refractivity contribution in [3.63, 3.8) is 0 Å². The lowest BCUT2D eigenvalue weighted by Gasteiger charge is -2.11. The van der Waals surface area contributed by atoms with Gasteiger partial charge in [-0.2, -0.15) is 13.2 Å². The average Bonchev–Trinajstić information content (AvgIpc) is 2.53. The molecule has 0 bridgehead atoms. The molecule has 138 valence electrons. The minimum Gasteiger partial charge on any atom is -0.494 e. The van der Waals surface area contributed by atoms with Gasteiger partial charge >= 0.3 is 6.18 Å². The molecule has 0 aliphatic carbocycles. The molecule has 0 heterocycles. The van der Waals surface area contributed by atoms with Gasteiger partial charge in [-0.3, -0.25) is 14.9 Å². The highest BCUT2D eigenvalue weighted by Gasteiger charge is 2.33. The molecule has 0 aromatic heterocycles. The van der Waals surface area contributed by atoms with E-state index in [-0.39, 0.29) is 21.4 Å². The van der Waals surface area contributed by atoms with Crippen LogP contribution in [0.1, 0.15) is 15.9 Å². The molecule has 1 amide bonds. The molecule has 0 atom stereocenters. The summed E-state index contributed by atoms with van der Waals surface area (Å²) in [5, 5.41) is 13.3. The van der Waals surface area contributed by atoms with E-state index in [1.165, 1.54) is 19.2 Å². The van der Waals surface area contributed by atoms with Crippen LogP contribution >= 0.6 is 23.2 Å². The molecule has 1 N–H and O–H groups in total. The summed E-state index contributed by atoms with van der Waals surface area (Å²) in [5.41, 5.74) is -2.58. The Hall–Kier alpha value is -2.52. The van der Waals surface area contributed by atoms with Crippen molar-refractivity contribution in [1.82, 2.24) is 0 Å². The van der Waals surface area contributed by atoms with Gasteiger partial charge in [-0.1, -0.05) is 23.2 Å². The number of halogens is 5. The standard InChI is InChI=1S/C15H9Cl2F3N2O4/c1-26-13-9(16)4-7(5-10(13)17)14(23)21-11-3-2-8(15(18,19)20)6-12(11)22(24)25/h2-6H,1H3,(H,21,23). The molecule has 0 aliphatic heterocycles. The average molecular weight is 409 g/mol. The maximum atomic E-state index is 12.7. The van der Waals surface area contributed by atoms with Gasteiger partial charge in [0.25, 0.3) is 11.6 Å². The van der Waals surface area contributed by atoms with E-state index < -0.39 is 33.9 Å². The number of alkyl halides is 3. The van der Waals surface area contributed by atoms with Crippen molar-refractivity contribution >= 4 is 40.5 Å². The van der Waals surface area contributed by atoms with E-state index in [2.05, 4.69) is 5.32 Å². The number of nitro benzene ring substituents is 1. The normalized spacial score (nSPS) is 11.2. The largest absolute Gasteiger partial charge is 0.494 e. The van der Waals surface area contributed by atoms with Crippen molar-refractivity contribution in [2.24, 2.45) is 0 Å². The molecule has 0 saturated carbocycles. The molecule has 11 heteroatoms. The number of ether oxygens (including phenoxy) is 1. The first kappa shape index (κ1) is 19.8. The van der Waals surface area contributed by atoms with Crippen LogP contribution in [0.25, 0.3) is 0 Å². The van der Waals surface area contributed by atoms with Gasteiger partial charge in [-0.15, -0.1) is 0 Å². The second kappa shape index (κ2) is 7.38. The number of nitrogens with one attached hydrogen (secondary N) is 1. The molecule has 0 fully saturated rings. The molecule has 2 rings (SSSR count). The van der Waals surface area contributed by atoms with Crippen LogP contribution in [0.15, 0.2) is 30.3 Å². The third-order valence-electron chi connectivity index (χ3n) is 3.23. The van der Waals surface area contributed by atoms with Gasteiger partial charge in [0, 0.05) is 11.6 Å². The Bertz CT molecular complexity index is 865. The summed E-state index contributed by atoms with van der Waals surface area (Å²) in [4.78, 5) is 22.3. The Kier molecular flexibility index (Phi) is 5.62. The van der Waals surface area contributed by atoms with Crippen LogP contribution in [0.2, 0.25) is 10.0 Å². The fourth-order valence-electron chi connectivity index (χ4n) is 2.05. The number of anilines is 1. The van der Waals surface area contributed by atoms with E-state index in [0.717, 1.165) is 6.07 Å². The highest BCUT2D eigenvalue weighted by Crippen LogP contribution is 2.36. The van der Waals surface area contributed by atoms with Gasteiger partial charge in [0.05, 0.1) is 27.6 Å². The molecule has 0 saturated heterocycles. The van der Waals surface area contributed by atoms with Gasteiger partial charge in [-0.25, -0.2) is 0 Å². The number of rotatable bonds is 4. The van der Waals surface area contributed by atoms with Crippen LogP contribution < -0.4 is 10.1 Å². The zero-order valence-electron chi connectivity index (χ0n) is 12.9. The summed E-state index contributed by atoms with van der Waals surface area (Å²) in [5.74, 6) is -0.718. The molecule has 2 aromatic carbocycles. The predicted octanol–water partition coefficient (Wildman–Crippen LogP) is 5.18. The predicted molar refractivity (Wildman–Crippen MR) is 89.1 cm³/mol. The minimum atomic E-state index is -4.76. The van der Waals surface area contributed by atoms with Crippen molar-refractivity contribution in [2.75, 3.05) is 12.4 Å². The van der Waals surface area contributed by atoms with E-state index in [1.807, 2.05) is 0 Å². The summed E-state index contributed by atoms with van der Waals surface area (Å²) in [6.07, 6.45) is -4.76. The number of amides is 1. The lowest BCUT2D eigenvalue weighted by Crippen LogP contribution is -2.14. The Morgan fingerprint density at radius 2 is 1.77 bits per heavy atom. The summed E-state index contributed by atoms with van der Waals surface area (Å²) in [6.45, 7) is 0. The van der Waals surface area contributed by atoms with E-state index in [0.29, 0.717) is 12.1 Å². The van der Waals surface area contributed by atoms with Gasteiger partial charge in [0.2, 0.25) is 0 Å². The highest BCUT2D eigenvalue weighted by molar-refractivity contribution is 6.37. The molecular weight excluding hydrogens is 400 g/mol. The van der Waals surface area contributed by atoms with Crippen molar-refractivity contribution in [3.8, 4) is 5.75 Å². The zero-order chi connectivity index (χ0) is 19.6. The summed E-state index contributed by atoms with van der Waals surface area (Å²) in [6, 6.07) is 4.17. The van der Waals surface area contributed by atoms with E-state index in [1.54, 1.807) is 0 Å². The van der Waals surface area contributed by atoms with Crippen molar-refractivity contribution < 1.29 is 27.6 Å². The number of methoxy groups -OCH3 is 1. The molecule has 0 unspecified atom stereocenters. The molecule has 0 spiro atoms. The van der Waals surface area contributed by atoms with Crippen molar-refractivity contribution in [3.05, 3.63) is 61.6 Å². The summed E-state index contributed by atoms with van der Waals surface area (Å²) >= 11 is 11.8. The molecule has 6 nitrogen and oxygen atoms in total. The van der Waals surface area contributed by atoms with Crippen LogP contribution in [-0.4, -0.2) is 17.9 Å². The van der Waals surface area contributed by atoms with Gasteiger partial charge < -0.3 is 10.1 Å². The number of benzene rings is 2. The summed E-state index contributed by atoms with van der Waals surface area (Å²) < 4.78 is 43.0. The number of hydrogen-bond acceptors (Lipinski definition) is 4. The first-order chi connectivity index (χ1) is 12.0. The number of carbonyl (C=O) groups excluding carboxylic acids is 1. The van der Waals surface area contributed by atoms with Gasteiger partial charge in [-0.05, 0) is 24.3 Å². The van der Waals surface area contributed by atoms with Crippen LogP contribution in [0.4, 0.5) is 24.5 Å². The molecule has 0 aliphatic rings. The van der Waals surface area contributed by atoms with Crippen LogP contribution in [0.5, 0.6) is 5.75 Å². The van der Waals surface area contributed by atoms with Crippen LogP contribution in [-0.2, 0) is 6.18 Å². The van der Waals surface area contributed by atoms with E-state index in [4.69, 9.17) is 27.9 Å². The Morgan fingerprint density at radius 1 is 1.19 bits per heavy atom. The third kappa shape index (κ3) is 4.17. The second-order valence-corrected chi connectivity index (χ2v) is 5.73. The lowest BCUT2D eigenvalue weighted by molar-refractivity contribution is -0.384. The van der Waals surface area contributed by atoms with Crippen LogP contribution in [0, 0.1) is 10.1 Å². The zero-order valence-corrected chi connectivity index (χ0v) is 14.4. The fourth-order valence-corrected chi connectivity index (χ4v) is 2.69. The molecule has 0 radical (unpaired) electrons. The number of carbonyl (C=O) groups is 1. The maximum absolute atomic E-state index is 12.7. The molecule has 2 aromatic rings. The maximum Gasteiger partial charge on any atom is 0.416 e. The lowest BCUT2D eigenvalue weighted by atomic mass is 10.1. The van der Waals surface area contributed by atoms with Crippen LogP contribution in [0.3, 0.4) is 0 Å². The topological polar surface area (TPSA) is 81.5 Å². The van der Waals surface area contributed by atoms with Crippen molar-refractivity contribution in [2.45, 2.75) is 6.18 Å². The smallest absolute Gasteiger partial charge is 0.416 e. The Balaban J connectivity index is 2.39. The molecular formula is C15H9Cl2F3N2O4. The summed E-state index contributed by atoms with van der Waals surface area (Å²) in [7, 11) is 1.32. The SMILES string of the molecule is COc1c(Cl)cc(C(=O)Nc2ccc(C(F)(F)F)cc2[N+](=O)[O-])cc1Cl. The van der Waals surface area contributed by atoms with E-state index in [9.17, 15) is 28.1 Å². The second-order valence-electron chi connectivity index (χ2n) is 4.91. The first-order valence-corrected chi connectivity index (χ1v) is 7.50. The highest BCUT2D eigenvalue weighted by atomic mass is 35.5. The van der Waals surface area contributed by atoms with Gasteiger partial charge in [0.15, 0.2) is 5.75 Å². The van der Waals surface area contributed by atoms with Crippen molar-refractivity contribution in [1.29, 1.82) is 0 Å². The van der Waals surface area contributed by atoms with E-state index >= 15 is 0 Å². The number of nitro groups is 1. The first-order valence-electron chi connectivity index (χ1n) is 6.74. The minimum absolute atomic E-state index is 0.0204. The fraction of sp³-hybridized carbons (Fsp3) is 0.133. The van der Waals surface area contributed by atoms with Gasteiger partial charge in [0.1, 0.15) is 5.69 Å². The number of nitrogens with zero attached hydrogens (tertiary/aromatic N) is 1. The molecule has 26 heavy (non-hydrogen) atoms. The Morgan fingerprint density at radius 3 is 2.23 bits per heavy atom.